The summed E-state index contributed by atoms with van der Waals surface area (Å²) < 4.78 is 0. The molecular formula is C45H67N11O13. The molecule has 0 unspecified atom stereocenters. The van der Waals surface area contributed by atoms with Crippen LogP contribution in [0.1, 0.15) is 70.9 Å². The molecule has 0 saturated heterocycles. The molecule has 17 N–H and O–H groups in total. The van der Waals surface area contributed by atoms with Crippen LogP contribution < -0.4 is 54.4 Å². The van der Waals surface area contributed by atoms with E-state index in [1.54, 1.807) is 58.0 Å². The smallest absolute Gasteiger partial charge is 0.326 e. The van der Waals surface area contributed by atoms with Gasteiger partial charge in [0.2, 0.25) is 41.4 Å². The first-order valence-corrected chi connectivity index (χ1v) is 22.3. The first kappa shape index (κ1) is 57.8. The standard InChI is InChI=1S/C45H67N11O13/c1-24(2)17-31(53-40(64)30(11-8-16-49-45(47)48)52-38(62)29(46)21-37(60)61)41(65)55-33(20-27-12-14-28(58)15-13-27)42(66)56-35(23-57)43(67)54-32(19-26-9-6-5-7-10-26)39(63)50-22-36(59)51-34(44(68)69)18-25(3)4/h5-7,9-10,12-15,24-25,29-35,57-58H,8,11,16-23,46H2,1-4H3,(H,50,63)(H,51,59)(H,52,62)(H,53,64)(H,54,67)(H,55,65)(H,56,66)(H,60,61)(H,68,69)(H4,47,48,49)/t29-,30-,31-,32-,33-,34-,35-/m0/s1. The molecule has 380 valence electrons. The summed E-state index contributed by atoms with van der Waals surface area (Å²) in [6.45, 7) is 5.46. The number of phenols is 1. The van der Waals surface area contributed by atoms with Crippen LogP contribution in [-0.2, 0) is 56.0 Å². The van der Waals surface area contributed by atoms with Crippen LogP contribution in [0.5, 0.6) is 5.75 Å². The first-order chi connectivity index (χ1) is 32.5. The van der Waals surface area contributed by atoms with Gasteiger partial charge in [-0.05, 0) is 60.8 Å². The molecule has 0 spiro atoms. The lowest BCUT2D eigenvalue weighted by atomic mass is 10.00. The first-order valence-electron chi connectivity index (χ1n) is 22.3. The lowest BCUT2D eigenvalue weighted by Gasteiger charge is -2.28. The number of carboxylic acid groups (broad SMARTS) is 2. The Labute approximate surface area is 399 Å². The maximum atomic E-state index is 14.1. The van der Waals surface area contributed by atoms with Crippen molar-refractivity contribution in [2.75, 3.05) is 19.7 Å². The van der Waals surface area contributed by atoms with Gasteiger partial charge in [-0.25, -0.2) is 4.79 Å². The number of aromatic hydroxyl groups is 1. The molecule has 24 heteroatoms. The minimum Gasteiger partial charge on any atom is -0.508 e. The zero-order valence-corrected chi connectivity index (χ0v) is 39.1. The Morgan fingerprint density at radius 1 is 0.594 bits per heavy atom. The van der Waals surface area contributed by atoms with E-state index in [9.17, 15) is 58.5 Å². The highest BCUT2D eigenvalue weighted by molar-refractivity contribution is 5.97. The van der Waals surface area contributed by atoms with Crippen molar-refractivity contribution >= 4 is 59.2 Å². The molecule has 0 aliphatic heterocycles. The van der Waals surface area contributed by atoms with Crippen LogP contribution in [0.15, 0.2) is 59.6 Å². The SMILES string of the molecule is CC(C)C[C@H](NC(=O)CNC(=O)[C@H](Cc1ccccc1)NC(=O)[C@H](CO)NC(=O)[C@H](Cc1ccc(O)cc1)NC(=O)[C@H](CC(C)C)NC(=O)[C@H](CCCN=C(N)N)NC(=O)[C@@H](N)CC(=O)O)C(=O)O. The van der Waals surface area contributed by atoms with Crippen LogP contribution in [0.3, 0.4) is 0 Å². The Morgan fingerprint density at radius 3 is 1.61 bits per heavy atom. The monoisotopic (exact) mass is 969 g/mol. The second kappa shape index (κ2) is 29.4. The summed E-state index contributed by atoms with van der Waals surface area (Å²) in [6.07, 6.45) is -0.884. The molecule has 0 saturated carbocycles. The van der Waals surface area contributed by atoms with E-state index in [4.69, 9.17) is 22.3 Å². The number of aliphatic hydroxyl groups is 1. The number of hydrogen-bond acceptors (Lipinski definition) is 13. The Balaban J connectivity index is 2.39. The van der Waals surface area contributed by atoms with E-state index < -0.39 is 115 Å². The third-order valence-electron chi connectivity index (χ3n) is 10.2. The number of nitrogens with two attached hydrogens (primary N) is 3. The minimum atomic E-state index is -1.72. The average molecular weight is 970 g/mol. The number of carbonyl (C=O) groups is 9. The number of rotatable bonds is 30. The molecule has 0 radical (unpaired) electrons. The van der Waals surface area contributed by atoms with E-state index in [-0.39, 0.29) is 68.6 Å². The molecule has 2 rings (SSSR count). The van der Waals surface area contributed by atoms with Crippen LogP contribution in [-0.4, -0.2) is 142 Å². The number of aliphatic imine (C=N–C) groups is 1. The van der Waals surface area contributed by atoms with Gasteiger partial charge in [0.1, 0.15) is 42.0 Å². The van der Waals surface area contributed by atoms with E-state index in [0.29, 0.717) is 11.1 Å². The van der Waals surface area contributed by atoms with Crippen LogP contribution in [0.4, 0.5) is 0 Å². The molecular weight excluding hydrogens is 903 g/mol. The highest BCUT2D eigenvalue weighted by atomic mass is 16.4. The zero-order valence-electron chi connectivity index (χ0n) is 39.1. The van der Waals surface area contributed by atoms with Gasteiger partial charge in [0.15, 0.2) is 5.96 Å². The maximum absolute atomic E-state index is 14.1. The van der Waals surface area contributed by atoms with Gasteiger partial charge < -0.3 is 74.8 Å². The second-order valence-electron chi connectivity index (χ2n) is 17.1. The van der Waals surface area contributed by atoms with Gasteiger partial charge in [-0.1, -0.05) is 70.2 Å². The summed E-state index contributed by atoms with van der Waals surface area (Å²) in [7, 11) is 0. The molecule has 0 bridgehead atoms. The van der Waals surface area contributed by atoms with E-state index in [2.05, 4.69) is 42.2 Å². The van der Waals surface area contributed by atoms with Gasteiger partial charge in [0, 0.05) is 19.4 Å². The number of carboxylic acids is 2. The zero-order chi connectivity index (χ0) is 51.8. The van der Waals surface area contributed by atoms with Crippen LogP contribution in [0.2, 0.25) is 0 Å². The van der Waals surface area contributed by atoms with Crippen LogP contribution >= 0.6 is 0 Å². The van der Waals surface area contributed by atoms with Crippen molar-refractivity contribution in [3.05, 3.63) is 65.7 Å². The fourth-order valence-electron chi connectivity index (χ4n) is 6.68. The van der Waals surface area contributed by atoms with Crippen molar-refractivity contribution in [2.45, 2.75) is 115 Å². The fourth-order valence-corrected chi connectivity index (χ4v) is 6.68. The normalized spacial score (nSPS) is 14.0. The maximum Gasteiger partial charge on any atom is 0.326 e. The summed E-state index contributed by atoms with van der Waals surface area (Å²) in [5, 5.41) is 56.2. The van der Waals surface area contributed by atoms with Gasteiger partial charge in [0.05, 0.1) is 25.6 Å². The molecule has 2 aromatic carbocycles. The molecule has 0 fully saturated rings. The van der Waals surface area contributed by atoms with Crippen molar-refractivity contribution < 1.29 is 63.6 Å². The summed E-state index contributed by atoms with van der Waals surface area (Å²) in [4.78, 5) is 122. The molecule has 69 heavy (non-hydrogen) atoms. The molecule has 0 aliphatic rings. The van der Waals surface area contributed by atoms with E-state index in [0.717, 1.165) is 0 Å². The third-order valence-corrected chi connectivity index (χ3v) is 10.2. The number of nitrogens with one attached hydrogen (secondary N) is 7. The number of hydrogen-bond donors (Lipinski definition) is 14. The highest BCUT2D eigenvalue weighted by Crippen LogP contribution is 2.14. The van der Waals surface area contributed by atoms with E-state index in [1.807, 2.05) is 0 Å². The number of guanidine groups is 1. The highest BCUT2D eigenvalue weighted by Gasteiger charge is 2.34. The lowest BCUT2D eigenvalue weighted by molar-refractivity contribution is -0.142. The molecule has 24 nitrogen and oxygen atoms in total. The molecule has 2 aromatic rings. The quantitative estimate of drug-likeness (QED) is 0.0214. The largest absolute Gasteiger partial charge is 0.508 e. The van der Waals surface area contributed by atoms with E-state index >= 15 is 0 Å². The Morgan fingerprint density at radius 2 is 1.07 bits per heavy atom. The summed E-state index contributed by atoms with van der Waals surface area (Å²) in [6, 6.07) is 3.99. The van der Waals surface area contributed by atoms with Crippen molar-refractivity contribution in [3.63, 3.8) is 0 Å². The fraction of sp³-hybridized carbons (Fsp3) is 0.511. The Kier molecular flexibility index (Phi) is 24.6. The third kappa shape index (κ3) is 22.3. The lowest BCUT2D eigenvalue weighted by Crippen LogP contribution is -2.60. The summed E-state index contributed by atoms with van der Waals surface area (Å²) >= 11 is 0. The topological polar surface area (TPSA) is 409 Å². The van der Waals surface area contributed by atoms with Crippen LogP contribution in [0, 0.1) is 11.8 Å². The van der Waals surface area contributed by atoms with Gasteiger partial charge in [-0.3, -0.25) is 43.3 Å². The van der Waals surface area contributed by atoms with Crippen molar-refractivity contribution in [3.8, 4) is 5.75 Å². The molecule has 0 aromatic heterocycles. The number of carbonyl (C=O) groups excluding carboxylic acids is 7. The molecule has 7 atom stereocenters. The number of nitrogens with zero attached hydrogens (tertiary/aromatic N) is 1. The van der Waals surface area contributed by atoms with Crippen molar-refractivity contribution in [1.82, 2.24) is 37.2 Å². The van der Waals surface area contributed by atoms with Gasteiger partial charge in [0.25, 0.3) is 0 Å². The molecule has 0 aliphatic carbocycles. The number of benzene rings is 2. The van der Waals surface area contributed by atoms with Crippen molar-refractivity contribution in [2.24, 2.45) is 34.0 Å². The number of amides is 7. The second-order valence-corrected chi connectivity index (χ2v) is 17.1. The van der Waals surface area contributed by atoms with Gasteiger partial charge in [-0.2, -0.15) is 0 Å². The van der Waals surface area contributed by atoms with Gasteiger partial charge in [-0.15, -0.1) is 0 Å². The van der Waals surface area contributed by atoms with E-state index in [1.165, 1.54) is 24.3 Å². The molecule has 0 heterocycles. The minimum absolute atomic E-state index is 0.00456. The number of aliphatic hydroxyl groups excluding tert-OH is 1. The molecule has 7 amide bonds. The van der Waals surface area contributed by atoms with Crippen molar-refractivity contribution in [1.29, 1.82) is 0 Å². The predicted octanol–water partition coefficient (Wildman–Crippen LogP) is -2.77. The Bertz CT molecular complexity index is 2080. The number of aliphatic carboxylic acids is 2. The van der Waals surface area contributed by atoms with Crippen LogP contribution in [0.25, 0.3) is 0 Å². The summed E-state index contributed by atoms with van der Waals surface area (Å²) in [5.74, 6) is -9.64. The van der Waals surface area contributed by atoms with Gasteiger partial charge >= 0.3 is 11.9 Å². The average Bonchev–Trinajstić information content (AvgIpc) is 3.27. The number of phenolic OH excluding ortho intramolecular Hbond substituents is 1. The predicted molar refractivity (Wildman–Crippen MR) is 250 cm³/mol. The summed E-state index contributed by atoms with van der Waals surface area (Å²) in [5.41, 5.74) is 17.5. The Hall–Kier alpha value is -7.34.